The molecule has 1 aliphatic carbocycles. The smallest absolute Gasteiger partial charge is 0.335 e. The van der Waals surface area contributed by atoms with Gasteiger partial charge >= 0.3 is 5.97 Å². The van der Waals surface area contributed by atoms with Crippen molar-refractivity contribution in [3.05, 3.63) is 41.1 Å². The summed E-state index contributed by atoms with van der Waals surface area (Å²) >= 11 is 0. The Bertz CT molecular complexity index is 807. The van der Waals surface area contributed by atoms with Gasteiger partial charge in [0.2, 0.25) is 0 Å². The molecule has 0 saturated carbocycles. The molecule has 1 spiro atoms. The third-order valence-corrected chi connectivity index (χ3v) is 7.50. The van der Waals surface area contributed by atoms with Crippen LogP contribution in [0.2, 0.25) is 0 Å². The molecule has 5 heteroatoms. The van der Waals surface area contributed by atoms with E-state index in [2.05, 4.69) is 41.4 Å². The summed E-state index contributed by atoms with van der Waals surface area (Å²) in [5, 5.41) is 3.67. The number of ether oxygens (including phenoxy) is 1. The lowest BCUT2D eigenvalue weighted by molar-refractivity contribution is -0.139. The number of para-hydroxylation sites is 1. The van der Waals surface area contributed by atoms with E-state index < -0.39 is 0 Å². The van der Waals surface area contributed by atoms with Crippen molar-refractivity contribution in [2.75, 3.05) is 25.0 Å². The van der Waals surface area contributed by atoms with Crippen LogP contribution in [0.15, 0.2) is 35.5 Å². The maximum Gasteiger partial charge on any atom is 0.335 e. The van der Waals surface area contributed by atoms with Crippen molar-refractivity contribution in [3.63, 3.8) is 0 Å². The minimum Gasteiger partial charge on any atom is -0.463 e. The predicted molar refractivity (Wildman–Crippen MR) is 109 cm³/mol. The molecule has 4 nitrogen and oxygen atoms in total. The highest BCUT2D eigenvalue weighted by molar-refractivity contribution is 5.93. The number of halogens is 1. The van der Waals surface area contributed by atoms with Gasteiger partial charge in [-0.25, -0.2) is 4.79 Å². The van der Waals surface area contributed by atoms with Gasteiger partial charge in [0.05, 0.1) is 17.6 Å². The number of esters is 1. The van der Waals surface area contributed by atoms with Crippen molar-refractivity contribution in [1.82, 2.24) is 4.90 Å². The Morgan fingerprint density at radius 3 is 2.85 bits per heavy atom. The maximum atomic E-state index is 13.0. The summed E-state index contributed by atoms with van der Waals surface area (Å²) in [6.45, 7) is 6.97. The zero-order valence-electron chi connectivity index (χ0n) is 16.2. The average Bonchev–Trinajstić information content (AvgIpc) is 3.22. The molecule has 0 aromatic heterocycles. The van der Waals surface area contributed by atoms with E-state index in [-0.39, 0.29) is 29.2 Å². The van der Waals surface area contributed by atoms with E-state index in [1.807, 2.05) is 6.92 Å². The summed E-state index contributed by atoms with van der Waals surface area (Å²) < 4.78 is 5.51. The maximum absolute atomic E-state index is 13.0. The average molecular weight is 389 g/mol. The third kappa shape index (κ3) is 2.29. The van der Waals surface area contributed by atoms with Crippen LogP contribution in [0, 0.1) is 5.41 Å². The lowest BCUT2D eigenvalue weighted by atomic mass is 9.53. The largest absolute Gasteiger partial charge is 0.463 e. The molecule has 1 aromatic rings. The Kier molecular flexibility index (Phi) is 4.55. The molecule has 3 aliphatic heterocycles. The monoisotopic (exact) mass is 388 g/mol. The van der Waals surface area contributed by atoms with Crippen LogP contribution in [0.3, 0.4) is 0 Å². The number of nitrogens with zero attached hydrogens (tertiary/aromatic N) is 1. The topological polar surface area (TPSA) is 41.6 Å². The van der Waals surface area contributed by atoms with E-state index in [1.54, 1.807) is 0 Å². The number of carbonyl (C=O) groups is 1. The van der Waals surface area contributed by atoms with Gasteiger partial charge in [0, 0.05) is 17.4 Å². The molecule has 0 unspecified atom stereocenters. The number of nitrogens with one attached hydrogen (secondary N) is 1. The van der Waals surface area contributed by atoms with Gasteiger partial charge in [0.25, 0.3) is 0 Å². The van der Waals surface area contributed by atoms with Gasteiger partial charge in [0.1, 0.15) is 0 Å². The third-order valence-electron chi connectivity index (χ3n) is 7.50. The molecule has 146 valence electrons. The van der Waals surface area contributed by atoms with E-state index in [1.165, 1.54) is 30.6 Å². The minimum atomic E-state index is -0.113. The summed E-state index contributed by atoms with van der Waals surface area (Å²) in [7, 11) is 0. The highest BCUT2D eigenvalue weighted by Gasteiger charge is 2.66. The molecule has 27 heavy (non-hydrogen) atoms. The fourth-order valence-corrected chi connectivity index (χ4v) is 6.58. The molecule has 0 amide bonds. The summed E-state index contributed by atoms with van der Waals surface area (Å²) in [4.78, 5) is 15.7. The van der Waals surface area contributed by atoms with Crippen LogP contribution in [-0.2, 0) is 14.9 Å². The first-order valence-electron chi connectivity index (χ1n) is 10.2. The van der Waals surface area contributed by atoms with Crippen molar-refractivity contribution >= 4 is 24.1 Å². The first-order chi connectivity index (χ1) is 12.7. The number of benzene rings is 1. The van der Waals surface area contributed by atoms with Crippen molar-refractivity contribution in [2.45, 2.75) is 57.4 Å². The number of hydrogen-bond donors (Lipinski definition) is 1. The normalized spacial score (nSPS) is 33.5. The van der Waals surface area contributed by atoms with Gasteiger partial charge in [-0.15, -0.1) is 12.4 Å². The number of anilines is 1. The van der Waals surface area contributed by atoms with Crippen molar-refractivity contribution < 1.29 is 9.53 Å². The molecular formula is C22H29ClN2O2. The van der Waals surface area contributed by atoms with Crippen LogP contribution < -0.4 is 5.32 Å². The van der Waals surface area contributed by atoms with Crippen LogP contribution in [0.25, 0.3) is 0 Å². The standard InChI is InChI=1S/C22H28N2O2.ClH/c1-3-21-10-7-12-24-13-11-22(20(21)24)16-8-5-6-9-17(16)23-18(22)15(14-21)19(25)26-4-2;/h5-6,8-9,20,23H,3-4,7,10-14H2,1-2H3;1H/t20-,21-,22+;/m0./s1. The van der Waals surface area contributed by atoms with Gasteiger partial charge in [-0.05, 0) is 69.2 Å². The lowest BCUT2D eigenvalue weighted by Gasteiger charge is -2.56. The second kappa shape index (κ2) is 6.52. The fraction of sp³-hybridized carbons (Fsp3) is 0.591. The molecule has 1 aromatic carbocycles. The van der Waals surface area contributed by atoms with Gasteiger partial charge in [0.15, 0.2) is 0 Å². The Morgan fingerprint density at radius 2 is 2.07 bits per heavy atom. The first kappa shape index (κ1) is 18.8. The van der Waals surface area contributed by atoms with Gasteiger partial charge in [-0.1, -0.05) is 25.1 Å². The summed E-state index contributed by atoms with van der Waals surface area (Å²) in [5.74, 6) is -0.113. The van der Waals surface area contributed by atoms with Crippen LogP contribution in [0.4, 0.5) is 5.69 Å². The van der Waals surface area contributed by atoms with E-state index in [0.717, 1.165) is 37.1 Å². The molecule has 0 radical (unpaired) electrons. The second-order valence-electron chi connectivity index (χ2n) is 8.40. The quantitative estimate of drug-likeness (QED) is 0.785. The van der Waals surface area contributed by atoms with Gasteiger partial charge < -0.3 is 10.1 Å². The number of carbonyl (C=O) groups excluding carboxylic acids is 1. The first-order valence-corrected chi connectivity index (χ1v) is 10.2. The second-order valence-corrected chi connectivity index (χ2v) is 8.40. The van der Waals surface area contributed by atoms with E-state index in [9.17, 15) is 4.79 Å². The van der Waals surface area contributed by atoms with Crippen LogP contribution in [-0.4, -0.2) is 36.6 Å². The molecule has 3 atom stereocenters. The molecule has 2 fully saturated rings. The fourth-order valence-electron chi connectivity index (χ4n) is 6.58. The summed E-state index contributed by atoms with van der Waals surface area (Å²) in [5.41, 5.74) is 4.75. The van der Waals surface area contributed by atoms with Crippen LogP contribution in [0.5, 0.6) is 0 Å². The number of fused-ring (bicyclic) bond motifs is 1. The van der Waals surface area contributed by atoms with E-state index in [0.29, 0.717) is 12.6 Å². The van der Waals surface area contributed by atoms with Crippen molar-refractivity contribution in [2.24, 2.45) is 5.41 Å². The Balaban J connectivity index is 0.00000180. The highest BCUT2D eigenvalue weighted by Crippen LogP contribution is 2.65. The molecule has 0 bridgehead atoms. The van der Waals surface area contributed by atoms with E-state index >= 15 is 0 Å². The molecular weight excluding hydrogens is 360 g/mol. The Labute approximate surface area is 167 Å². The molecule has 1 N–H and O–H groups in total. The van der Waals surface area contributed by atoms with Crippen LogP contribution in [0.1, 0.15) is 51.5 Å². The summed E-state index contributed by atoms with van der Waals surface area (Å²) in [6, 6.07) is 9.18. The zero-order chi connectivity index (χ0) is 17.9. The molecule has 2 saturated heterocycles. The number of piperidine rings is 1. The Morgan fingerprint density at radius 1 is 1.26 bits per heavy atom. The van der Waals surface area contributed by atoms with Gasteiger partial charge in [-0.3, -0.25) is 4.90 Å². The van der Waals surface area contributed by atoms with Crippen molar-refractivity contribution in [1.29, 1.82) is 0 Å². The molecule has 3 heterocycles. The number of rotatable bonds is 3. The summed E-state index contributed by atoms with van der Waals surface area (Å²) in [6.07, 6.45) is 5.52. The van der Waals surface area contributed by atoms with Crippen molar-refractivity contribution in [3.8, 4) is 0 Å². The van der Waals surface area contributed by atoms with Crippen LogP contribution >= 0.6 is 12.4 Å². The SMILES string of the molecule is CCOC(=O)C1=C2Nc3ccccc3[C@]23CCN2CCC[C@@](CC)(C1)[C@H]23.Cl. The van der Waals surface area contributed by atoms with Gasteiger partial charge in [-0.2, -0.15) is 0 Å². The lowest BCUT2D eigenvalue weighted by Crippen LogP contribution is -2.59. The van der Waals surface area contributed by atoms with E-state index in [4.69, 9.17) is 4.74 Å². The zero-order valence-corrected chi connectivity index (χ0v) is 17.0. The Hall–Kier alpha value is -1.52. The molecule has 5 rings (SSSR count). The minimum absolute atomic E-state index is 0. The predicted octanol–water partition coefficient (Wildman–Crippen LogP) is 4.26. The highest BCUT2D eigenvalue weighted by atomic mass is 35.5. The molecule has 4 aliphatic rings. The number of hydrogen-bond acceptors (Lipinski definition) is 4.